The molecule has 1 saturated heterocycles. The Kier molecular flexibility index (Phi) is 4.18. The molecular weight excluding hydrogens is 245 g/mol. The molecular formula is C12H21F3N2O. The van der Waals surface area contributed by atoms with Crippen molar-refractivity contribution in [2.24, 2.45) is 5.73 Å². The van der Waals surface area contributed by atoms with E-state index in [4.69, 9.17) is 10.5 Å². The molecule has 6 heteroatoms. The Morgan fingerprint density at radius 1 is 1.33 bits per heavy atom. The Hall–Kier alpha value is -0.330. The minimum atomic E-state index is -4.15. The number of nitrogens with two attached hydrogens (primary N) is 1. The van der Waals surface area contributed by atoms with Crippen LogP contribution in [0.5, 0.6) is 0 Å². The van der Waals surface area contributed by atoms with Crippen molar-refractivity contribution in [1.29, 1.82) is 0 Å². The zero-order chi connectivity index (χ0) is 13.2. The maximum absolute atomic E-state index is 12.6. The monoisotopic (exact) mass is 266 g/mol. The van der Waals surface area contributed by atoms with E-state index in [0.717, 1.165) is 25.7 Å². The lowest BCUT2D eigenvalue weighted by atomic mass is 9.73. The van der Waals surface area contributed by atoms with Crippen molar-refractivity contribution in [3.63, 3.8) is 0 Å². The van der Waals surface area contributed by atoms with Gasteiger partial charge in [0.15, 0.2) is 0 Å². The fourth-order valence-corrected chi connectivity index (χ4v) is 3.02. The van der Waals surface area contributed by atoms with E-state index in [9.17, 15) is 13.2 Å². The van der Waals surface area contributed by atoms with Gasteiger partial charge >= 0.3 is 6.18 Å². The van der Waals surface area contributed by atoms with Crippen molar-refractivity contribution in [3.8, 4) is 0 Å². The molecule has 18 heavy (non-hydrogen) atoms. The highest BCUT2D eigenvalue weighted by Crippen LogP contribution is 2.43. The van der Waals surface area contributed by atoms with Gasteiger partial charge in [-0.25, -0.2) is 0 Å². The minimum Gasteiger partial charge on any atom is -0.375 e. The van der Waals surface area contributed by atoms with Crippen LogP contribution >= 0.6 is 0 Å². The summed E-state index contributed by atoms with van der Waals surface area (Å²) in [7, 11) is 0. The number of hydrogen-bond acceptors (Lipinski definition) is 3. The molecule has 0 radical (unpaired) electrons. The summed E-state index contributed by atoms with van der Waals surface area (Å²) < 4.78 is 43.4. The Balaban J connectivity index is 1.96. The van der Waals surface area contributed by atoms with E-state index in [2.05, 4.69) is 0 Å². The van der Waals surface area contributed by atoms with Gasteiger partial charge in [0.25, 0.3) is 0 Å². The van der Waals surface area contributed by atoms with E-state index in [-0.39, 0.29) is 18.2 Å². The third-order valence-corrected chi connectivity index (χ3v) is 4.05. The quantitative estimate of drug-likeness (QED) is 0.844. The van der Waals surface area contributed by atoms with Crippen LogP contribution in [0.2, 0.25) is 0 Å². The van der Waals surface area contributed by atoms with Crippen molar-refractivity contribution in [3.05, 3.63) is 0 Å². The summed E-state index contributed by atoms with van der Waals surface area (Å²) in [4.78, 5) is 1.49. The van der Waals surface area contributed by atoms with Gasteiger partial charge in [0.2, 0.25) is 0 Å². The number of ether oxygens (including phenoxy) is 1. The Morgan fingerprint density at radius 2 is 2.06 bits per heavy atom. The summed E-state index contributed by atoms with van der Waals surface area (Å²) in [6.07, 6.45) is 0.363. The molecule has 1 atom stereocenters. The normalized spacial score (nSPS) is 27.5. The van der Waals surface area contributed by atoms with E-state index in [1.54, 1.807) is 0 Å². The summed E-state index contributed by atoms with van der Waals surface area (Å²) in [5.74, 6) is 0. The van der Waals surface area contributed by atoms with Crippen molar-refractivity contribution < 1.29 is 17.9 Å². The van der Waals surface area contributed by atoms with Gasteiger partial charge in [-0.3, -0.25) is 4.90 Å². The fourth-order valence-electron chi connectivity index (χ4n) is 3.02. The molecule has 1 saturated carbocycles. The van der Waals surface area contributed by atoms with Gasteiger partial charge < -0.3 is 10.5 Å². The minimum absolute atomic E-state index is 0.0378. The van der Waals surface area contributed by atoms with Crippen LogP contribution in [-0.4, -0.2) is 49.0 Å². The summed E-state index contributed by atoms with van der Waals surface area (Å²) in [6, 6.07) is -0.0378. The second-order valence-corrected chi connectivity index (χ2v) is 5.41. The van der Waals surface area contributed by atoms with E-state index < -0.39 is 12.7 Å². The van der Waals surface area contributed by atoms with Gasteiger partial charge in [0.1, 0.15) is 0 Å². The summed E-state index contributed by atoms with van der Waals surface area (Å²) in [5.41, 5.74) is 5.31. The highest BCUT2D eigenvalue weighted by atomic mass is 19.4. The molecule has 2 aliphatic rings. The standard InChI is InChI=1S/C12H21F3N2O/c13-12(14,15)9-17(6-5-16)10-2-7-18-11(8-10)3-1-4-11/h10H,1-9,16H2. The highest BCUT2D eigenvalue weighted by molar-refractivity contribution is 4.97. The van der Waals surface area contributed by atoms with Gasteiger partial charge in [-0.15, -0.1) is 0 Å². The molecule has 1 aliphatic carbocycles. The molecule has 1 unspecified atom stereocenters. The van der Waals surface area contributed by atoms with Crippen LogP contribution in [0.1, 0.15) is 32.1 Å². The molecule has 1 heterocycles. The predicted octanol–water partition coefficient (Wildman–Crippen LogP) is 1.91. The first-order chi connectivity index (χ1) is 8.44. The second kappa shape index (κ2) is 5.35. The zero-order valence-electron chi connectivity index (χ0n) is 10.5. The van der Waals surface area contributed by atoms with Crippen molar-refractivity contribution >= 4 is 0 Å². The molecule has 0 aromatic carbocycles. The van der Waals surface area contributed by atoms with Crippen LogP contribution in [0, 0.1) is 0 Å². The van der Waals surface area contributed by atoms with Gasteiger partial charge in [-0.1, -0.05) is 0 Å². The fraction of sp³-hybridized carbons (Fsp3) is 1.00. The largest absolute Gasteiger partial charge is 0.401 e. The predicted molar refractivity (Wildman–Crippen MR) is 62.2 cm³/mol. The first-order valence-corrected chi connectivity index (χ1v) is 6.59. The first-order valence-electron chi connectivity index (χ1n) is 6.59. The van der Waals surface area contributed by atoms with Crippen LogP contribution < -0.4 is 5.73 Å². The summed E-state index contributed by atoms with van der Waals surface area (Å²) in [6.45, 7) is 0.287. The SMILES string of the molecule is NCCN(CC(F)(F)F)C1CCOC2(CCC2)C1. The molecule has 0 amide bonds. The number of hydrogen-bond donors (Lipinski definition) is 1. The highest BCUT2D eigenvalue weighted by Gasteiger charge is 2.45. The number of halogens is 3. The molecule has 1 spiro atoms. The molecule has 1 aliphatic heterocycles. The van der Waals surface area contributed by atoms with Crippen molar-refractivity contribution in [2.75, 3.05) is 26.2 Å². The van der Waals surface area contributed by atoms with Gasteiger partial charge in [-0.2, -0.15) is 13.2 Å². The van der Waals surface area contributed by atoms with Crippen LogP contribution in [0.3, 0.4) is 0 Å². The van der Waals surface area contributed by atoms with Gasteiger partial charge in [0.05, 0.1) is 12.1 Å². The average molecular weight is 266 g/mol. The smallest absolute Gasteiger partial charge is 0.375 e. The topological polar surface area (TPSA) is 38.5 Å². The molecule has 2 rings (SSSR count). The number of alkyl halides is 3. The third kappa shape index (κ3) is 3.36. The van der Waals surface area contributed by atoms with E-state index in [1.807, 2.05) is 0 Å². The molecule has 0 bridgehead atoms. The van der Waals surface area contributed by atoms with E-state index >= 15 is 0 Å². The molecule has 106 valence electrons. The molecule has 2 fully saturated rings. The van der Waals surface area contributed by atoms with E-state index in [1.165, 1.54) is 4.90 Å². The van der Waals surface area contributed by atoms with Crippen LogP contribution in [0.25, 0.3) is 0 Å². The molecule has 2 N–H and O–H groups in total. The average Bonchev–Trinajstić information content (AvgIpc) is 2.25. The second-order valence-electron chi connectivity index (χ2n) is 5.41. The van der Waals surface area contributed by atoms with E-state index in [0.29, 0.717) is 19.6 Å². The lowest BCUT2D eigenvalue weighted by molar-refractivity contribution is -0.177. The molecule has 3 nitrogen and oxygen atoms in total. The number of nitrogens with zero attached hydrogens (tertiary/aromatic N) is 1. The van der Waals surface area contributed by atoms with Crippen LogP contribution in [0.4, 0.5) is 13.2 Å². The van der Waals surface area contributed by atoms with Crippen LogP contribution in [0.15, 0.2) is 0 Å². The lowest BCUT2D eigenvalue weighted by Gasteiger charge is -2.49. The van der Waals surface area contributed by atoms with Gasteiger partial charge in [-0.05, 0) is 32.1 Å². The first kappa shape index (κ1) is 14.1. The third-order valence-electron chi connectivity index (χ3n) is 4.05. The molecule has 0 aromatic rings. The Labute approximate surface area is 105 Å². The Bertz CT molecular complexity index is 279. The van der Waals surface area contributed by atoms with Crippen molar-refractivity contribution in [1.82, 2.24) is 4.90 Å². The lowest BCUT2D eigenvalue weighted by Crippen LogP contribution is -2.54. The van der Waals surface area contributed by atoms with Crippen LogP contribution in [-0.2, 0) is 4.74 Å². The number of rotatable bonds is 4. The maximum Gasteiger partial charge on any atom is 0.401 e. The Morgan fingerprint density at radius 3 is 2.56 bits per heavy atom. The summed E-state index contributed by atoms with van der Waals surface area (Å²) >= 11 is 0. The summed E-state index contributed by atoms with van der Waals surface area (Å²) in [5, 5.41) is 0. The van der Waals surface area contributed by atoms with Gasteiger partial charge in [0, 0.05) is 25.7 Å². The zero-order valence-corrected chi connectivity index (χ0v) is 10.5. The molecule has 0 aromatic heterocycles. The maximum atomic E-state index is 12.6. The van der Waals surface area contributed by atoms with Crippen molar-refractivity contribution in [2.45, 2.75) is 49.9 Å².